The molecule has 2 fully saturated rings. The number of benzene rings is 1. The quantitative estimate of drug-likeness (QED) is 0.844. The molecule has 1 saturated heterocycles. The summed E-state index contributed by atoms with van der Waals surface area (Å²) in [5.74, 6) is 0.353. The van der Waals surface area contributed by atoms with Crippen molar-refractivity contribution in [3.05, 3.63) is 53.4 Å². The van der Waals surface area contributed by atoms with Gasteiger partial charge < -0.3 is 19.5 Å². The van der Waals surface area contributed by atoms with Crippen LogP contribution < -0.4 is 4.90 Å². The second-order valence-electron chi connectivity index (χ2n) is 7.56. The number of aryl methyl sites for hydroxylation is 1. The molecule has 0 radical (unpaired) electrons. The number of amides is 1. The lowest BCUT2D eigenvalue weighted by Crippen LogP contribution is -2.48. The lowest BCUT2D eigenvalue weighted by Gasteiger charge is -2.35. The largest absolute Gasteiger partial charge is 0.506 e. The minimum atomic E-state index is 0.0585. The first kappa shape index (κ1) is 17.7. The van der Waals surface area contributed by atoms with E-state index >= 15 is 0 Å². The van der Waals surface area contributed by atoms with E-state index in [4.69, 9.17) is 0 Å². The van der Waals surface area contributed by atoms with Crippen LogP contribution >= 0.6 is 0 Å². The fraction of sp³-hybridized carbons (Fsp3) is 0.409. The van der Waals surface area contributed by atoms with Crippen molar-refractivity contribution in [2.24, 2.45) is 0 Å². The minimum absolute atomic E-state index is 0.0585. The van der Waals surface area contributed by atoms with Gasteiger partial charge >= 0.3 is 0 Å². The number of aromatic nitrogens is 1. The highest BCUT2D eigenvalue weighted by Crippen LogP contribution is 2.38. The highest BCUT2D eigenvalue weighted by atomic mass is 16.3. The highest BCUT2D eigenvalue weighted by molar-refractivity contribution is 5.92. The van der Waals surface area contributed by atoms with Crippen molar-refractivity contribution in [2.45, 2.75) is 32.7 Å². The van der Waals surface area contributed by atoms with Gasteiger partial charge in [-0.15, -0.1) is 0 Å². The van der Waals surface area contributed by atoms with Crippen LogP contribution in [0.1, 0.15) is 35.8 Å². The molecule has 2 heterocycles. The van der Waals surface area contributed by atoms with Crippen LogP contribution in [-0.4, -0.2) is 46.7 Å². The summed E-state index contributed by atoms with van der Waals surface area (Å²) >= 11 is 0. The van der Waals surface area contributed by atoms with Gasteiger partial charge in [0, 0.05) is 49.7 Å². The monoisotopic (exact) mass is 365 g/mol. The molecular formula is C22H27N3O2. The zero-order valence-electron chi connectivity index (χ0n) is 16.1. The Morgan fingerprint density at radius 3 is 2.48 bits per heavy atom. The van der Waals surface area contributed by atoms with Crippen molar-refractivity contribution in [2.75, 3.05) is 31.1 Å². The molecule has 27 heavy (non-hydrogen) atoms. The molecule has 5 heteroatoms. The summed E-state index contributed by atoms with van der Waals surface area (Å²) in [6.45, 7) is 7.07. The van der Waals surface area contributed by atoms with E-state index in [-0.39, 0.29) is 5.91 Å². The van der Waals surface area contributed by atoms with E-state index in [0.717, 1.165) is 24.3 Å². The van der Waals surface area contributed by atoms with Crippen molar-refractivity contribution in [1.29, 1.82) is 0 Å². The molecule has 0 spiro atoms. The Morgan fingerprint density at radius 2 is 1.81 bits per heavy atom. The Balaban J connectivity index is 1.38. The van der Waals surface area contributed by atoms with Gasteiger partial charge in [0.05, 0.1) is 5.69 Å². The van der Waals surface area contributed by atoms with E-state index in [2.05, 4.69) is 29.4 Å². The molecule has 2 aromatic rings. The van der Waals surface area contributed by atoms with Gasteiger partial charge in [0.25, 0.3) is 0 Å². The Hall–Kier alpha value is -2.69. The van der Waals surface area contributed by atoms with Crippen LogP contribution in [-0.2, 0) is 4.79 Å². The molecule has 1 amide bonds. The average molecular weight is 365 g/mol. The van der Waals surface area contributed by atoms with Crippen LogP contribution in [0.2, 0.25) is 0 Å². The zero-order chi connectivity index (χ0) is 19.0. The summed E-state index contributed by atoms with van der Waals surface area (Å²) in [5, 5.41) is 10.0. The number of aromatic hydroxyl groups is 1. The van der Waals surface area contributed by atoms with E-state index < -0.39 is 0 Å². The number of phenols is 1. The topological polar surface area (TPSA) is 48.7 Å². The maximum absolute atomic E-state index is 12.6. The molecule has 0 bridgehead atoms. The van der Waals surface area contributed by atoms with Gasteiger partial charge in [0.2, 0.25) is 5.91 Å². The summed E-state index contributed by atoms with van der Waals surface area (Å²) in [6.07, 6.45) is 6.19. The number of hydrogen-bond acceptors (Lipinski definition) is 3. The fourth-order valence-electron chi connectivity index (χ4n) is 4.03. The minimum Gasteiger partial charge on any atom is -0.506 e. The average Bonchev–Trinajstić information content (AvgIpc) is 3.46. The first-order chi connectivity index (χ1) is 13.0. The van der Waals surface area contributed by atoms with Crippen LogP contribution in [0, 0.1) is 13.8 Å². The van der Waals surface area contributed by atoms with Crippen LogP contribution in [0.25, 0.3) is 6.08 Å². The highest BCUT2D eigenvalue weighted by Gasteiger charge is 2.26. The predicted molar refractivity (Wildman–Crippen MR) is 108 cm³/mol. The second kappa shape index (κ2) is 7.14. The third-order valence-electron chi connectivity index (χ3n) is 5.65. The van der Waals surface area contributed by atoms with Gasteiger partial charge in [-0.05, 0) is 56.5 Å². The molecule has 4 rings (SSSR count). The van der Waals surface area contributed by atoms with Gasteiger partial charge in [0.1, 0.15) is 5.75 Å². The number of phenolic OH excluding ortho intramolecular Hbond substituents is 1. The third-order valence-corrected chi connectivity index (χ3v) is 5.65. The molecule has 1 aliphatic heterocycles. The number of carbonyl (C=O) groups excluding carboxylic acids is 1. The Morgan fingerprint density at radius 1 is 1.11 bits per heavy atom. The molecule has 0 atom stereocenters. The molecule has 2 aliphatic rings. The lowest BCUT2D eigenvalue weighted by atomic mass is 10.2. The summed E-state index contributed by atoms with van der Waals surface area (Å²) in [6, 6.07) is 10.2. The Bertz CT molecular complexity index is 872. The number of nitrogens with zero attached hydrogens (tertiary/aromatic N) is 3. The van der Waals surface area contributed by atoms with Gasteiger partial charge in [-0.1, -0.05) is 12.1 Å². The van der Waals surface area contributed by atoms with Crippen molar-refractivity contribution in [3.63, 3.8) is 0 Å². The van der Waals surface area contributed by atoms with E-state index in [1.165, 1.54) is 24.2 Å². The Labute approximate surface area is 160 Å². The molecule has 0 unspecified atom stereocenters. The van der Waals surface area contributed by atoms with Crippen molar-refractivity contribution >= 4 is 17.7 Å². The molecule has 1 aliphatic carbocycles. The number of carbonyl (C=O) groups is 1. The third kappa shape index (κ3) is 3.59. The van der Waals surface area contributed by atoms with Crippen LogP contribution in [0.3, 0.4) is 0 Å². The summed E-state index contributed by atoms with van der Waals surface area (Å²) in [4.78, 5) is 16.6. The first-order valence-corrected chi connectivity index (χ1v) is 9.73. The summed E-state index contributed by atoms with van der Waals surface area (Å²) in [7, 11) is 0. The van der Waals surface area contributed by atoms with Gasteiger partial charge in [-0.25, -0.2) is 0 Å². The Kier molecular flexibility index (Phi) is 4.68. The van der Waals surface area contributed by atoms with Crippen molar-refractivity contribution < 1.29 is 9.90 Å². The first-order valence-electron chi connectivity index (χ1n) is 9.73. The predicted octanol–water partition coefficient (Wildman–Crippen LogP) is 3.51. The summed E-state index contributed by atoms with van der Waals surface area (Å²) < 4.78 is 2.40. The second-order valence-corrected chi connectivity index (χ2v) is 7.56. The molecule has 1 N–H and O–H groups in total. The molecule has 5 nitrogen and oxygen atoms in total. The molecule has 1 aromatic heterocycles. The normalized spacial score (nSPS) is 17.7. The SMILES string of the molecule is Cc1cc(C=CC(=O)N2CCN(c3ccccc3O)CC2)c(C)n1C1CC1. The number of piperazine rings is 1. The molecule has 1 aromatic carbocycles. The molecule has 1 saturated carbocycles. The van der Waals surface area contributed by atoms with E-state index in [1.54, 1.807) is 12.1 Å². The van der Waals surface area contributed by atoms with E-state index in [0.29, 0.717) is 24.9 Å². The fourth-order valence-corrected chi connectivity index (χ4v) is 4.03. The van der Waals surface area contributed by atoms with Gasteiger partial charge in [-0.3, -0.25) is 4.79 Å². The molecular weight excluding hydrogens is 338 g/mol. The van der Waals surface area contributed by atoms with E-state index in [1.807, 2.05) is 29.2 Å². The maximum Gasteiger partial charge on any atom is 0.246 e. The molecule has 142 valence electrons. The smallest absolute Gasteiger partial charge is 0.246 e. The summed E-state index contributed by atoms with van der Waals surface area (Å²) in [5.41, 5.74) is 4.51. The number of hydrogen-bond donors (Lipinski definition) is 1. The number of anilines is 1. The van der Waals surface area contributed by atoms with Crippen molar-refractivity contribution in [1.82, 2.24) is 9.47 Å². The van der Waals surface area contributed by atoms with Crippen LogP contribution in [0.15, 0.2) is 36.4 Å². The van der Waals surface area contributed by atoms with Crippen LogP contribution in [0.4, 0.5) is 5.69 Å². The van der Waals surface area contributed by atoms with E-state index in [9.17, 15) is 9.90 Å². The maximum atomic E-state index is 12.6. The lowest BCUT2D eigenvalue weighted by molar-refractivity contribution is -0.126. The standard InChI is InChI=1S/C22H27N3O2/c1-16-15-18(17(2)25(16)19-8-9-19)7-10-22(27)24-13-11-23(12-14-24)20-5-3-4-6-21(20)26/h3-7,10,15,19,26H,8-9,11-14H2,1-2H3. The van der Waals surface area contributed by atoms with Gasteiger partial charge in [-0.2, -0.15) is 0 Å². The number of para-hydroxylation sites is 2. The van der Waals surface area contributed by atoms with Crippen LogP contribution in [0.5, 0.6) is 5.75 Å². The number of rotatable bonds is 4. The van der Waals surface area contributed by atoms with Crippen molar-refractivity contribution in [3.8, 4) is 5.75 Å². The zero-order valence-corrected chi connectivity index (χ0v) is 16.1. The van der Waals surface area contributed by atoms with Gasteiger partial charge in [0.15, 0.2) is 0 Å².